The maximum absolute atomic E-state index is 12.8. The molecule has 2 heterocycles. The molecule has 6 nitrogen and oxygen atoms in total. The van der Waals surface area contributed by atoms with E-state index in [1.54, 1.807) is 0 Å². The molecular weight excluding hydrogens is 583 g/mol. The molecule has 0 radical (unpaired) electrons. The topological polar surface area (TPSA) is 64.8 Å². The van der Waals surface area contributed by atoms with Crippen molar-refractivity contribution in [3.05, 3.63) is 102 Å². The van der Waals surface area contributed by atoms with E-state index in [1.807, 2.05) is 12.1 Å². The van der Waals surface area contributed by atoms with Gasteiger partial charge in [0.05, 0.1) is 16.8 Å². The number of nitrogens with one attached hydrogen (secondary N) is 1. The van der Waals surface area contributed by atoms with Crippen molar-refractivity contribution < 1.29 is 18.0 Å². The quantitative estimate of drug-likeness (QED) is 0.169. The Hall–Kier alpha value is -3.47. The van der Waals surface area contributed by atoms with E-state index in [0.29, 0.717) is 6.54 Å². The number of hydrogen-bond donors (Lipinski definition) is 2. The molecule has 0 saturated carbocycles. The van der Waals surface area contributed by atoms with E-state index in [9.17, 15) is 18.0 Å². The van der Waals surface area contributed by atoms with Gasteiger partial charge in [0.25, 0.3) is 5.91 Å². The third-order valence-electron chi connectivity index (χ3n) is 7.23. The lowest BCUT2D eigenvalue weighted by atomic mass is 10.1. The number of alkyl halides is 3. The molecule has 3 aromatic rings. The number of carbonyl (C=O) groups is 1. The highest BCUT2D eigenvalue weighted by Gasteiger charge is 2.31. The monoisotopic (exact) mass is 617 g/mol. The van der Waals surface area contributed by atoms with E-state index in [1.165, 1.54) is 16.4 Å². The first kappa shape index (κ1) is 31.5. The Morgan fingerprint density at radius 2 is 1.57 bits per heavy atom. The van der Waals surface area contributed by atoms with Gasteiger partial charge in [-0.3, -0.25) is 14.0 Å². The number of halogens is 4. The van der Waals surface area contributed by atoms with E-state index in [0.717, 1.165) is 63.8 Å². The SMILES string of the molecule is Cl.Nc1cc(C(F)(F)F)ccc1C(=O)NCCCCN1CCN(C2=CC=S(c3ccccc3)N2c2ccccc2)CC1. The summed E-state index contributed by atoms with van der Waals surface area (Å²) in [5, 5.41) is 5.08. The average Bonchev–Trinajstić information content (AvgIpc) is 3.43. The lowest BCUT2D eigenvalue weighted by molar-refractivity contribution is -0.137. The second kappa shape index (κ2) is 14.1. The fourth-order valence-electron chi connectivity index (χ4n) is 5.05. The minimum atomic E-state index is -4.49. The van der Waals surface area contributed by atoms with Gasteiger partial charge in [0.15, 0.2) is 0 Å². The Morgan fingerprint density at radius 1 is 0.905 bits per heavy atom. The van der Waals surface area contributed by atoms with Crippen LogP contribution in [0.2, 0.25) is 0 Å². The number of rotatable bonds is 9. The maximum Gasteiger partial charge on any atom is 0.416 e. The molecule has 1 fully saturated rings. The normalized spacial score (nSPS) is 17.3. The van der Waals surface area contributed by atoms with Crippen LogP contribution in [0.15, 0.2) is 95.7 Å². The molecule has 42 heavy (non-hydrogen) atoms. The molecule has 1 amide bonds. The summed E-state index contributed by atoms with van der Waals surface area (Å²) in [5.41, 5.74) is 5.91. The highest BCUT2D eigenvalue weighted by Crippen LogP contribution is 2.42. The standard InChI is InChI=1S/C31H34F3N5OS.ClH/c32-31(33,34)24-13-14-27(28(35)23-24)30(40)36-16-7-8-17-37-18-20-38(21-19-37)29-15-22-41(26-11-5-2-6-12-26)39(29)25-9-3-1-4-10-25;/h1-6,9-15,22-23H,7-8,16-21,35H2,(H,36,40);1H. The van der Waals surface area contributed by atoms with Crippen LogP contribution in [0, 0.1) is 0 Å². The first-order valence-electron chi connectivity index (χ1n) is 13.7. The van der Waals surface area contributed by atoms with Gasteiger partial charge in [-0.05, 0) is 73.3 Å². The minimum absolute atomic E-state index is 0. The maximum atomic E-state index is 12.8. The van der Waals surface area contributed by atoms with Crippen LogP contribution in [0.25, 0.3) is 0 Å². The second-order valence-electron chi connectivity index (χ2n) is 10.0. The van der Waals surface area contributed by atoms with Crippen molar-refractivity contribution in [1.29, 1.82) is 0 Å². The van der Waals surface area contributed by atoms with Gasteiger partial charge in [0.2, 0.25) is 0 Å². The first-order chi connectivity index (χ1) is 19.8. The van der Waals surface area contributed by atoms with Crippen LogP contribution in [-0.4, -0.2) is 60.3 Å². The lowest BCUT2D eigenvalue weighted by Crippen LogP contribution is -2.48. The number of para-hydroxylation sites is 1. The number of carbonyl (C=O) groups excluding carboxylic acids is 1. The first-order valence-corrected chi connectivity index (χ1v) is 15.0. The van der Waals surface area contributed by atoms with Crippen LogP contribution in [0.3, 0.4) is 0 Å². The molecule has 5 rings (SSSR count). The predicted octanol–water partition coefficient (Wildman–Crippen LogP) is 6.24. The zero-order valence-electron chi connectivity index (χ0n) is 23.1. The van der Waals surface area contributed by atoms with Gasteiger partial charge in [-0.25, -0.2) is 0 Å². The third kappa shape index (κ3) is 7.48. The molecule has 224 valence electrons. The van der Waals surface area contributed by atoms with Gasteiger partial charge in [-0.1, -0.05) is 47.1 Å². The Kier molecular flexibility index (Phi) is 10.6. The van der Waals surface area contributed by atoms with Crippen LogP contribution in [0.5, 0.6) is 0 Å². The summed E-state index contributed by atoms with van der Waals surface area (Å²) in [7, 11) is -0.184. The van der Waals surface area contributed by atoms with E-state index in [4.69, 9.17) is 5.73 Å². The predicted molar refractivity (Wildman–Crippen MR) is 168 cm³/mol. The van der Waals surface area contributed by atoms with E-state index in [2.05, 4.69) is 79.4 Å². The molecule has 3 N–H and O–H groups in total. The van der Waals surface area contributed by atoms with Crippen molar-refractivity contribution in [2.24, 2.45) is 0 Å². The molecule has 0 aromatic heterocycles. The number of nitrogens with zero attached hydrogens (tertiary/aromatic N) is 3. The number of allylic oxidation sites excluding steroid dienone is 1. The number of piperazine rings is 1. The molecule has 1 unspecified atom stereocenters. The summed E-state index contributed by atoms with van der Waals surface area (Å²) in [6, 6.07) is 23.9. The van der Waals surface area contributed by atoms with Crippen molar-refractivity contribution in [2.75, 3.05) is 49.3 Å². The molecule has 2 aliphatic heterocycles. The molecule has 0 aliphatic carbocycles. The zero-order chi connectivity index (χ0) is 28.8. The van der Waals surface area contributed by atoms with Gasteiger partial charge in [0, 0.05) is 43.3 Å². The number of amides is 1. The van der Waals surface area contributed by atoms with Crippen LogP contribution in [0.1, 0.15) is 28.8 Å². The molecular formula is C31H35ClF3N5OS. The zero-order valence-corrected chi connectivity index (χ0v) is 24.7. The molecule has 11 heteroatoms. The lowest BCUT2D eigenvalue weighted by Gasteiger charge is -2.40. The van der Waals surface area contributed by atoms with Crippen molar-refractivity contribution in [1.82, 2.24) is 15.1 Å². The fraction of sp³-hybridized carbons (Fsp3) is 0.290. The van der Waals surface area contributed by atoms with E-state index in [-0.39, 0.29) is 34.3 Å². The Balaban J connectivity index is 0.00000405. The molecule has 0 bridgehead atoms. The van der Waals surface area contributed by atoms with Gasteiger partial charge in [-0.15, -0.1) is 12.4 Å². The number of hydrogen-bond acceptors (Lipinski definition) is 5. The summed E-state index contributed by atoms with van der Waals surface area (Å²) in [6.07, 6.45) is -0.556. The molecule has 0 spiro atoms. The summed E-state index contributed by atoms with van der Waals surface area (Å²) in [5.74, 6) is 0.775. The van der Waals surface area contributed by atoms with Crippen LogP contribution in [-0.2, 0) is 6.18 Å². The highest BCUT2D eigenvalue weighted by atomic mass is 35.5. The van der Waals surface area contributed by atoms with Crippen molar-refractivity contribution >= 4 is 45.7 Å². The van der Waals surface area contributed by atoms with Gasteiger partial charge in [0.1, 0.15) is 5.82 Å². The highest BCUT2D eigenvalue weighted by molar-refractivity contribution is 8.16. The van der Waals surface area contributed by atoms with Gasteiger partial charge < -0.3 is 16.0 Å². The van der Waals surface area contributed by atoms with Crippen LogP contribution < -0.4 is 15.4 Å². The number of unbranched alkanes of at least 4 members (excludes halogenated alkanes) is 1. The average molecular weight is 618 g/mol. The largest absolute Gasteiger partial charge is 0.416 e. The van der Waals surface area contributed by atoms with E-state index >= 15 is 0 Å². The summed E-state index contributed by atoms with van der Waals surface area (Å²) >= 11 is 0. The van der Waals surface area contributed by atoms with Gasteiger partial charge >= 0.3 is 6.18 Å². The van der Waals surface area contributed by atoms with E-state index < -0.39 is 17.6 Å². The minimum Gasteiger partial charge on any atom is -0.398 e. The van der Waals surface area contributed by atoms with Crippen LogP contribution >= 0.6 is 23.1 Å². The number of nitrogens with two attached hydrogens (primary N) is 1. The van der Waals surface area contributed by atoms with Gasteiger partial charge in [-0.2, -0.15) is 13.2 Å². The number of benzene rings is 3. The van der Waals surface area contributed by atoms with Crippen molar-refractivity contribution in [3.63, 3.8) is 0 Å². The fourth-order valence-corrected chi connectivity index (χ4v) is 6.95. The van der Waals surface area contributed by atoms with Crippen LogP contribution in [0.4, 0.5) is 24.5 Å². The Bertz CT molecular complexity index is 1410. The molecule has 2 aliphatic rings. The smallest absolute Gasteiger partial charge is 0.398 e. The molecule has 1 atom stereocenters. The second-order valence-corrected chi connectivity index (χ2v) is 11.7. The third-order valence-corrected chi connectivity index (χ3v) is 9.17. The summed E-state index contributed by atoms with van der Waals surface area (Å²) < 4.78 is 41.0. The summed E-state index contributed by atoms with van der Waals surface area (Å²) in [6.45, 7) is 5.13. The van der Waals surface area contributed by atoms with Crippen molar-refractivity contribution in [3.8, 4) is 0 Å². The Morgan fingerprint density at radius 3 is 2.21 bits per heavy atom. The molecule has 1 saturated heterocycles. The number of nitrogen functional groups attached to an aromatic ring is 1. The van der Waals surface area contributed by atoms with Crippen molar-refractivity contribution in [2.45, 2.75) is 23.9 Å². The molecule has 3 aromatic carbocycles. The number of anilines is 2. The Labute approximate surface area is 253 Å². The summed E-state index contributed by atoms with van der Waals surface area (Å²) in [4.78, 5) is 18.6.